The van der Waals surface area contributed by atoms with Crippen LogP contribution in [0.2, 0.25) is 0 Å². The zero-order valence-electron chi connectivity index (χ0n) is 13.2. The third kappa shape index (κ3) is 2.68. The minimum absolute atomic E-state index is 0.198. The highest BCUT2D eigenvalue weighted by molar-refractivity contribution is 9.10. The molecule has 2 fully saturated rings. The molecule has 4 nitrogen and oxygen atoms in total. The van der Waals surface area contributed by atoms with Gasteiger partial charge in [-0.25, -0.2) is 0 Å². The number of hydrogen-bond donors (Lipinski definition) is 1. The molecule has 2 N–H and O–H groups in total. The number of nitrogens with zero attached hydrogens (tertiary/aromatic N) is 3. The smallest absolute Gasteiger partial charge is 0.0738 e. The van der Waals surface area contributed by atoms with Gasteiger partial charge in [0.1, 0.15) is 0 Å². The van der Waals surface area contributed by atoms with E-state index in [1.54, 1.807) is 0 Å². The van der Waals surface area contributed by atoms with Crippen molar-refractivity contribution in [3.05, 3.63) is 15.9 Å². The van der Waals surface area contributed by atoms with E-state index in [2.05, 4.69) is 25.9 Å². The van der Waals surface area contributed by atoms with Gasteiger partial charge in [0, 0.05) is 25.0 Å². The summed E-state index contributed by atoms with van der Waals surface area (Å²) in [4.78, 5) is 2.70. The van der Waals surface area contributed by atoms with Crippen LogP contribution < -0.4 is 5.73 Å². The van der Waals surface area contributed by atoms with Gasteiger partial charge in [0.15, 0.2) is 0 Å². The van der Waals surface area contributed by atoms with Gasteiger partial charge in [0.25, 0.3) is 0 Å². The van der Waals surface area contributed by atoms with Crippen molar-refractivity contribution < 1.29 is 0 Å². The third-order valence-electron chi connectivity index (χ3n) is 5.57. The highest BCUT2D eigenvalue weighted by Crippen LogP contribution is 2.40. The van der Waals surface area contributed by atoms with Crippen LogP contribution in [-0.2, 0) is 13.5 Å². The summed E-state index contributed by atoms with van der Waals surface area (Å²) in [6, 6.07) is 0.198. The van der Waals surface area contributed by atoms with Gasteiger partial charge in [-0.2, -0.15) is 5.10 Å². The fourth-order valence-corrected chi connectivity index (χ4v) is 4.87. The molecule has 1 saturated heterocycles. The summed E-state index contributed by atoms with van der Waals surface area (Å²) < 4.78 is 3.13. The van der Waals surface area contributed by atoms with Crippen LogP contribution in [0.4, 0.5) is 0 Å². The van der Waals surface area contributed by atoms with Gasteiger partial charge in [-0.05, 0) is 61.6 Å². The highest BCUT2D eigenvalue weighted by Gasteiger charge is 2.45. The van der Waals surface area contributed by atoms with Crippen molar-refractivity contribution in [3.8, 4) is 0 Å². The second kappa shape index (κ2) is 6.01. The van der Waals surface area contributed by atoms with Gasteiger partial charge in [-0.1, -0.05) is 12.8 Å². The molecule has 21 heavy (non-hydrogen) atoms. The van der Waals surface area contributed by atoms with Crippen molar-refractivity contribution in [2.45, 2.75) is 63.5 Å². The molecule has 1 aromatic rings. The lowest BCUT2D eigenvalue weighted by atomic mass is 9.84. The predicted molar refractivity (Wildman–Crippen MR) is 89.3 cm³/mol. The molecule has 0 radical (unpaired) electrons. The number of halogens is 1. The summed E-state index contributed by atoms with van der Waals surface area (Å²) in [5.74, 6) is 0. The molecule has 1 saturated carbocycles. The minimum Gasteiger partial charge on any atom is -0.326 e. The van der Waals surface area contributed by atoms with Crippen molar-refractivity contribution in [2.75, 3.05) is 13.1 Å². The molecule has 5 heteroatoms. The quantitative estimate of drug-likeness (QED) is 0.904. The van der Waals surface area contributed by atoms with E-state index in [1.807, 2.05) is 18.7 Å². The van der Waals surface area contributed by atoms with Crippen molar-refractivity contribution in [1.29, 1.82) is 0 Å². The average molecular weight is 355 g/mol. The van der Waals surface area contributed by atoms with E-state index in [0.717, 1.165) is 16.6 Å². The summed E-state index contributed by atoms with van der Waals surface area (Å²) >= 11 is 3.69. The van der Waals surface area contributed by atoms with E-state index in [0.29, 0.717) is 0 Å². The maximum Gasteiger partial charge on any atom is 0.0738 e. The van der Waals surface area contributed by atoms with Gasteiger partial charge in [-0.15, -0.1) is 0 Å². The summed E-state index contributed by atoms with van der Waals surface area (Å²) in [7, 11) is 2.02. The van der Waals surface area contributed by atoms with Gasteiger partial charge < -0.3 is 5.73 Å². The first-order chi connectivity index (χ1) is 10.0. The van der Waals surface area contributed by atoms with Gasteiger partial charge >= 0.3 is 0 Å². The van der Waals surface area contributed by atoms with Gasteiger partial charge in [0.2, 0.25) is 0 Å². The highest BCUT2D eigenvalue weighted by atomic mass is 79.9. The van der Waals surface area contributed by atoms with E-state index in [1.165, 1.54) is 57.3 Å². The van der Waals surface area contributed by atoms with Crippen molar-refractivity contribution in [2.24, 2.45) is 12.8 Å². The average Bonchev–Trinajstić information content (AvgIpc) is 3.16. The van der Waals surface area contributed by atoms with Crippen molar-refractivity contribution in [1.82, 2.24) is 14.7 Å². The molecule has 1 aliphatic carbocycles. The number of nitrogens with two attached hydrogens (primary N) is 1. The zero-order valence-corrected chi connectivity index (χ0v) is 14.8. The first-order valence-electron chi connectivity index (χ1n) is 8.23. The number of rotatable bonds is 4. The van der Waals surface area contributed by atoms with Crippen LogP contribution >= 0.6 is 15.9 Å². The normalized spacial score (nSPS) is 23.8. The SMILES string of the molecule is Cc1nn(C)c(CC(N)C2(N3CCCC3)CCCC2)c1Br. The van der Waals surface area contributed by atoms with Crippen molar-refractivity contribution in [3.63, 3.8) is 0 Å². The molecule has 2 heterocycles. The van der Waals surface area contributed by atoms with Crippen molar-refractivity contribution >= 4 is 15.9 Å². The van der Waals surface area contributed by atoms with E-state index < -0.39 is 0 Å². The van der Waals surface area contributed by atoms with Crippen LogP contribution in [0.15, 0.2) is 4.47 Å². The molecular formula is C16H27BrN4. The first-order valence-corrected chi connectivity index (χ1v) is 9.02. The Morgan fingerprint density at radius 3 is 2.38 bits per heavy atom. The van der Waals surface area contributed by atoms with Crippen LogP contribution in [0.25, 0.3) is 0 Å². The third-order valence-corrected chi connectivity index (χ3v) is 6.60. The minimum atomic E-state index is 0.198. The van der Waals surface area contributed by atoms with Gasteiger partial charge in [-0.3, -0.25) is 9.58 Å². The lowest BCUT2D eigenvalue weighted by Gasteiger charge is -2.43. The Bertz CT molecular complexity index is 499. The molecule has 3 rings (SSSR count). The molecule has 1 aromatic heterocycles. The first kappa shape index (κ1) is 15.5. The molecule has 1 aliphatic heterocycles. The van der Waals surface area contributed by atoms with Crippen LogP contribution in [0, 0.1) is 6.92 Å². The Hall–Kier alpha value is -0.390. The molecule has 0 spiro atoms. The summed E-state index contributed by atoms with van der Waals surface area (Å²) in [6.45, 7) is 4.52. The Kier molecular flexibility index (Phi) is 4.44. The molecular weight excluding hydrogens is 328 g/mol. The second-order valence-corrected chi connectivity index (χ2v) is 7.58. The van der Waals surface area contributed by atoms with Crippen LogP contribution in [0.1, 0.15) is 49.9 Å². The molecule has 0 amide bonds. The Morgan fingerprint density at radius 1 is 1.24 bits per heavy atom. The Balaban J connectivity index is 1.83. The van der Waals surface area contributed by atoms with E-state index in [9.17, 15) is 0 Å². The maximum atomic E-state index is 6.77. The van der Waals surface area contributed by atoms with E-state index in [4.69, 9.17) is 5.73 Å². The Morgan fingerprint density at radius 2 is 1.86 bits per heavy atom. The number of hydrogen-bond acceptors (Lipinski definition) is 3. The van der Waals surface area contributed by atoms with Crippen LogP contribution in [0.5, 0.6) is 0 Å². The number of likely N-dealkylation sites (tertiary alicyclic amines) is 1. The zero-order chi connectivity index (χ0) is 15.0. The molecule has 1 atom stereocenters. The fraction of sp³-hybridized carbons (Fsp3) is 0.812. The topological polar surface area (TPSA) is 47.1 Å². The molecule has 0 aromatic carbocycles. The lowest BCUT2D eigenvalue weighted by molar-refractivity contribution is 0.0914. The molecule has 2 aliphatic rings. The van der Waals surface area contributed by atoms with E-state index >= 15 is 0 Å². The maximum absolute atomic E-state index is 6.77. The van der Waals surface area contributed by atoms with Crippen LogP contribution in [0.3, 0.4) is 0 Å². The molecule has 0 bridgehead atoms. The number of aryl methyl sites for hydroxylation is 2. The van der Waals surface area contributed by atoms with Crippen LogP contribution in [-0.4, -0.2) is 39.4 Å². The summed E-state index contributed by atoms with van der Waals surface area (Å²) in [5, 5.41) is 4.51. The standard InChI is InChI=1S/C16H27BrN4/c1-12-15(17)13(20(2)19-12)11-14(18)16(7-3-4-8-16)21-9-5-6-10-21/h14H,3-11,18H2,1-2H3. The van der Waals surface area contributed by atoms with E-state index in [-0.39, 0.29) is 11.6 Å². The molecule has 118 valence electrons. The summed E-state index contributed by atoms with van der Waals surface area (Å²) in [6.07, 6.45) is 8.77. The lowest BCUT2D eigenvalue weighted by Crippen LogP contribution is -2.58. The predicted octanol–water partition coefficient (Wildman–Crippen LogP) is 2.77. The molecule has 1 unspecified atom stereocenters. The Labute approximate surface area is 136 Å². The largest absolute Gasteiger partial charge is 0.326 e. The monoisotopic (exact) mass is 354 g/mol. The van der Waals surface area contributed by atoms with Gasteiger partial charge in [0.05, 0.1) is 15.9 Å². The second-order valence-electron chi connectivity index (χ2n) is 6.79. The summed E-state index contributed by atoms with van der Waals surface area (Å²) in [5.41, 5.74) is 9.30. The number of aromatic nitrogens is 2. The fourth-order valence-electron chi connectivity index (χ4n) is 4.37.